The molecule has 0 radical (unpaired) electrons. The van der Waals surface area contributed by atoms with Gasteiger partial charge in [-0.3, -0.25) is 4.79 Å². The van der Waals surface area contributed by atoms with Crippen LogP contribution in [-0.4, -0.2) is 24.2 Å². The number of amides is 1. The lowest BCUT2D eigenvalue weighted by molar-refractivity contribution is -0.137. The number of carbonyl (C=O) groups excluding carboxylic acids is 1. The summed E-state index contributed by atoms with van der Waals surface area (Å²) in [7, 11) is 0. The molecule has 0 bridgehead atoms. The first-order valence-corrected chi connectivity index (χ1v) is 6.64. The lowest BCUT2D eigenvalue weighted by atomic mass is 10.2. The Balaban J connectivity index is 1.80. The van der Waals surface area contributed by atoms with Crippen molar-refractivity contribution < 1.29 is 32.2 Å². The highest BCUT2D eigenvalue weighted by Gasteiger charge is 2.30. The Morgan fingerprint density at radius 1 is 1.30 bits per heavy atom. The van der Waals surface area contributed by atoms with E-state index in [-0.39, 0.29) is 12.3 Å². The fourth-order valence-electron chi connectivity index (χ4n) is 1.75. The van der Waals surface area contributed by atoms with Crippen LogP contribution < -0.4 is 10.1 Å². The molecule has 1 aromatic carbocycles. The van der Waals surface area contributed by atoms with Gasteiger partial charge in [-0.25, -0.2) is 0 Å². The maximum absolute atomic E-state index is 12.5. The first-order valence-electron chi connectivity index (χ1n) is 6.64. The molecule has 8 heteroatoms. The third-order valence-corrected chi connectivity index (χ3v) is 2.90. The summed E-state index contributed by atoms with van der Waals surface area (Å²) < 4.78 is 47.6. The third-order valence-electron chi connectivity index (χ3n) is 2.90. The summed E-state index contributed by atoms with van der Waals surface area (Å²) >= 11 is 0. The van der Waals surface area contributed by atoms with Crippen molar-refractivity contribution in [2.45, 2.75) is 12.3 Å². The summed E-state index contributed by atoms with van der Waals surface area (Å²) in [5.74, 6) is -0.348. The second-order valence-electron chi connectivity index (χ2n) is 4.65. The van der Waals surface area contributed by atoms with Crippen molar-refractivity contribution in [3.63, 3.8) is 0 Å². The molecule has 1 heterocycles. The number of nitrogens with one attached hydrogen (secondary N) is 1. The number of ether oxygens (including phenoxy) is 1. The predicted octanol–water partition coefficient (Wildman–Crippen LogP) is 2.53. The van der Waals surface area contributed by atoms with Gasteiger partial charge >= 0.3 is 6.18 Å². The molecule has 23 heavy (non-hydrogen) atoms. The SMILES string of the molecule is O=C(COc1cccc(C(F)(F)F)c1)NCC(O)c1ccco1. The molecule has 1 unspecified atom stereocenters. The molecule has 2 rings (SSSR count). The number of alkyl halides is 3. The Kier molecular flexibility index (Phi) is 5.28. The Hall–Kier alpha value is -2.48. The van der Waals surface area contributed by atoms with E-state index in [0.29, 0.717) is 5.76 Å². The molecular weight excluding hydrogens is 315 g/mol. The zero-order chi connectivity index (χ0) is 16.9. The normalized spacial score (nSPS) is 12.7. The van der Waals surface area contributed by atoms with Crippen LogP contribution in [0.3, 0.4) is 0 Å². The lowest BCUT2D eigenvalue weighted by Gasteiger charge is -2.11. The molecule has 0 aliphatic heterocycles. The summed E-state index contributed by atoms with van der Waals surface area (Å²) in [6.07, 6.45) is -4.10. The van der Waals surface area contributed by atoms with Gasteiger partial charge in [0.2, 0.25) is 0 Å². The second kappa shape index (κ2) is 7.19. The summed E-state index contributed by atoms with van der Waals surface area (Å²) in [5, 5.41) is 12.1. The van der Waals surface area contributed by atoms with E-state index >= 15 is 0 Å². The van der Waals surface area contributed by atoms with Crippen LogP contribution in [0.2, 0.25) is 0 Å². The Morgan fingerprint density at radius 3 is 2.74 bits per heavy atom. The number of halogens is 3. The summed E-state index contributed by atoms with van der Waals surface area (Å²) in [6.45, 7) is -0.565. The molecule has 1 aromatic heterocycles. The number of rotatable bonds is 6. The van der Waals surface area contributed by atoms with E-state index in [1.807, 2.05) is 0 Å². The number of aliphatic hydroxyl groups excluding tert-OH is 1. The monoisotopic (exact) mass is 329 g/mol. The van der Waals surface area contributed by atoms with Gasteiger partial charge in [-0.05, 0) is 30.3 Å². The van der Waals surface area contributed by atoms with Crippen molar-refractivity contribution in [2.75, 3.05) is 13.2 Å². The third kappa shape index (κ3) is 5.03. The Bertz CT molecular complexity index is 640. The van der Waals surface area contributed by atoms with Gasteiger partial charge in [0, 0.05) is 0 Å². The van der Waals surface area contributed by atoms with Crippen LogP contribution in [0.15, 0.2) is 47.1 Å². The van der Waals surface area contributed by atoms with Crippen LogP contribution in [-0.2, 0) is 11.0 Å². The topological polar surface area (TPSA) is 71.7 Å². The molecule has 2 N–H and O–H groups in total. The fraction of sp³-hybridized carbons (Fsp3) is 0.267. The van der Waals surface area contributed by atoms with Crippen LogP contribution in [0, 0.1) is 0 Å². The van der Waals surface area contributed by atoms with Gasteiger partial charge in [-0.1, -0.05) is 6.07 Å². The molecule has 1 atom stereocenters. The van der Waals surface area contributed by atoms with Crippen molar-refractivity contribution >= 4 is 5.91 Å². The van der Waals surface area contributed by atoms with E-state index in [0.717, 1.165) is 12.1 Å². The quantitative estimate of drug-likeness (QED) is 0.854. The first-order chi connectivity index (χ1) is 10.9. The van der Waals surface area contributed by atoms with E-state index in [9.17, 15) is 23.1 Å². The highest BCUT2D eigenvalue weighted by molar-refractivity contribution is 5.77. The van der Waals surface area contributed by atoms with Gasteiger partial charge in [0.1, 0.15) is 17.6 Å². The fourth-order valence-corrected chi connectivity index (χ4v) is 1.75. The minimum Gasteiger partial charge on any atom is -0.484 e. The first kappa shape index (κ1) is 16.9. The van der Waals surface area contributed by atoms with E-state index < -0.39 is 30.4 Å². The molecule has 5 nitrogen and oxygen atoms in total. The van der Waals surface area contributed by atoms with E-state index in [1.54, 1.807) is 12.1 Å². The van der Waals surface area contributed by atoms with Gasteiger partial charge < -0.3 is 19.6 Å². The molecule has 2 aromatic rings. The van der Waals surface area contributed by atoms with Gasteiger partial charge in [0.15, 0.2) is 6.61 Å². The van der Waals surface area contributed by atoms with Crippen molar-refractivity contribution in [1.29, 1.82) is 0 Å². The summed E-state index contributed by atoms with van der Waals surface area (Å²) in [4.78, 5) is 11.6. The zero-order valence-electron chi connectivity index (χ0n) is 11.8. The average molecular weight is 329 g/mol. The minimum absolute atomic E-state index is 0.0680. The van der Waals surface area contributed by atoms with Crippen molar-refractivity contribution in [2.24, 2.45) is 0 Å². The second-order valence-corrected chi connectivity index (χ2v) is 4.65. The molecule has 124 valence electrons. The maximum atomic E-state index is 12.5. The molecule has 1 amide bonds. The van der Waals surface area contributed by atoms with Crippen LogP contribution in [0.25, 0.3) is 0 Å². The van der Waals surface area contributed by atoms with E-state index in [2.05, 4.69) is 5.32 Å². The average Bonchev–Trinajstić information content (AvgIpc) is 3.04. The van der Waals surface area contributed by atoms with E-state index in [4.69, 9.17) is 9.15 Å². The van der Waals surface area contributed by atoms with Gasteiger partial charge in [0.25, 0.3) is 5.91 Å². The Morgan fingerprint density at radius 2 is 2.09 bits per heavy atom. The van der Waals surface area contributed by atoms with Crippen LogP contribution >= 0.6 is 0 Å². The zero-order valence-corrected chi connectivity index (χ0v) is 11.8. The molecule has 0 saturated heterocycles. The number of hydrogen-bond donors (Lipinski definition) is 2. The van der Waals surface area contributed by atoms with Gasteiger partial charge in [-0.15, -0.1) is 0 Å². The predicted molar refractivity (Wildman–Crippen MR) is 73.6 cm³/mol. The molecule has 0 fully saturated rings. The van der Waals surface area contributed by atoms with Crippen molar-refractivity contribution in [3.05, 3.63) is 54.0 Å². The maximum Gasteiger partial charge on any atom is 0.416 e. The van der Waals surface area contributed by atoms with Gasteiger partial charge in [0.05, 0.1) is 18.4 Å². The van der Waals surface area contributed by atoms with Gasteiger partial charge in [-0.2, -0.15) is 13.2 Å². The number of furan rings is 1. The molecular formula is C15H14F3NO4. The Labute approximate surface area is 129 Å². The lowest BCUT2D eigenvalue weighted by Crippen LogP contribution is -2.32. The molecule has 0 aliphatic rings. The van der Waals surface area contributed by atoms with Crippen molar-refractivity contribution in [1.82, 2.24) is 5.32 Å². The summed E-state index contributed by atoms with van der Waals surface area (Å²) in [6, 6.07) is 7.38. The summed E-state index contributed by atoms with van der Waals surface area (Å²) in [5.41, 5.74) is -0.858. The number of carbonyl (C=O) groups is 1. The number of hydrogen-bond acceptors (Lipinski definition) is 4. The number of benzene rings is 1. The highest BCUT2D eigenvalue weighted by atomic mass is 19.4. The smallest absolute Gasteiger partial charge is 0.416 e. The largest absolute Gasteiger partial charge is 0.484 e. The molecule has 0 aliphatic carbocycles. The highest BCUT2D eigenvalue weighted by Crippen LogP contribution is 2.31. The molecule has 0 spiro atoms. The van der Waals surface area contributed by atoms with E-state index in [1.165, 1.54) is 18.4 Å². The molecule has 0 saturated carbocycles. The van der Waals surface area contributed by atoms with Crippen LogP contribution in [0.5, 0.6) is 5.75 Å². The minimum atomic E-state index is -4.48. The number of aliphatic hydroxyl groups is 1. The van der Waals surface area contributed by atoms with Crippen LogP contribution in [0.1, 0.15) is 17.4 Å². The van der Waals surface area contributed by atoms with Crippen LogP contribution in [0.4, 0.5) is 13.2 Å². The standard InChI is InChI=1S/C15H14F3NO4/c16-15(17,18)10-3-1-4-11(7-10)23-9-14(21)19-8-12(20)13-5-2-6-22-13/h1-7,12,20H,8-9H2,(H,19,21). The van der Waals surface area contributed by atoms with Crippen molar-refractivity contribution in [3.8, 4) is 5.75 Å².